The van der Waals surface area contributed by atoms with Crippen LogP contribution in [0.15, 0.2) is 18.2 Å². The Kier molecular flexibility index (Phi) is 6.50. The first kappa shape index (κ1) is 17.8. The topological polar surface area (TPSA) is 56.8 Å². The molecule has 1 aliphatic heterocycles. The van der Waals surface area contributed by atoms with E-state index in [1.54, 1.807) is 12.1 Å². The monoisotopic (exact) mass is 340 g/mol. The highest BCUT2D eigenvalue weighted by molar-refractivity contribution is 6.31. The lowest BCUT2D eigenvalue weighted by atomic mass is 10.2. The van der Waals surface area contributed by atoms with Crippen molar-refractivity contribution in [3.05, 3.63) is 23.2 Å². The molecule has 2 N–H and O–H groups in total. The summed E-state index contributed by atoms with van der Waals surface area (Å²) >= 11 is 6.03. The van der Waals surface area contributed by atoms with E-state index in [0.717, 1.165) is 38.5 Å². The smallest absolute Gasteiger partial charge is 0.319 e. The molecular weight excluding hydrogens is 316 g/mol. The quantitative estimate of drug-likeness (QED) is 0.863. The Morgan fingerprint density at radius 3 is 2.74 bits per heavy atom. The average Bonchev–Trinajstić information content (AvgIpc) is 2.47. The molecule has 0 saturated carbocycles. The Labute approximate surface area is 142 Å². The van der Waals surface area contributed by atoms with Crippen molar-refractivity contribution in [2.45, 2.75) is 13.0 Å². The van der Waals surface area contributed by atoms with Crippen molar-refractivity contribution in [2.24, 2.45) is 0 Å². The van der Waals surface area contributed by atoms with E-state index in [-0.39, 0.29) is 12.1 Å². The molecule has 0 radical (unpaired) electrons. The largest absolute Gasteiger partial charge is 0.379 e. The first-order valence-corrected chi connectivity index (χ1v) is 8.18. The summed E-state index contributed by atoms with van der Waals surface area (Å²) in [4.78, 5) is 16.4. The van der Waals surface area contributed by atoms with E-state index in [4.69, 9.17) is 16.3 Å². The SMILES string of the molecule is CC(CN1CCOCC1)NC(=O)Nc1cc(Cl)ccc1N(C)C. The molecule has 0 aromatic heterocycles. The highest BCUT2D eigenvalue weighted by atomic mass is 35.5. The summed E-state index contributed by atoms with van der Waals surface area (Å²) in [5.41, 5.74) is 1.60. The fourth-order valence-electron chi connectivity index (χ4n) is 2.60. The maximum atomic E-state index is 12.2. The summed E-state index contributed by atoms with van der Waals surface area (Å²) in [6.45, 7) is 6.15. The average molecular weight is 341 g/mol. The summed E-state index contributed by atoms with van der Waals surface area (Å²) in [7, 11) is 3.85. The molecule has 7 heteroatoms. The van der Waals surface area contributed by atoms with Crippen molar-refractivity contribution in [1.29, 1.82) is 0 Å². The third-order valence-electron chi connectivity index (χ3n) is 3.70. The number of hydrogen-bond donors (Lipinski definition) is 2. The molecule has 2 rings (SSSR count). The number of rotatable bonds is 5. The van der Waals surface area contributed by atoms with Gasteiger partial charge in [-0.1, -0.05) is 11.6 Å². The number of amides is 2. The molecule has 6 nitrogen and oxygen atoms in total. The van der Waals surface area contributed by atoms with Gasteiger partial charge in [-0.2, -0.15) is 0 Å². The van der Waals surface area contributed by atoms with Crippen molar-refractivity contribution in [1.82, 2.24) is 10.2 Å². The van der Waals surface area contributed by atoms with Gasteiger partial charge in [-0.25, -0.2) is 4.79 Å². The van der Waals surface area contributed by atoms with Crippen LogP contribution in [-0.4, -0.2) is 63.9 Å². The highest BCUT2D eigenvalue weighted by Crippen LogP contribution is 2.27. The minimum atomic E-state index is -0.226. The standard InChI is InChI=1S/C16H25ClN4O2/c1-12(11-21-6-8-23-9-7-21)18-16(22)19-14-10-13(17)4-5-15(14)20(2)3/h4-5,10,12H,6-9,11H2,1-3H3,(H2,18,19,22). The summed E-state index contributed by atoms with van der Waals surface area (Å²) in [6.07, 6.45) is 0. The van der Waals surface area contributed by atoms with Gasteiger partial charge in [-0.3, -0.25) is 4.90 Å². The molecule has 1 unspecified atom stereocenters. The van der Waals surface area contributed by atoms with Crippen molar-refractivity contribution >= 4 is 29.0 Å². The maximum Gasteiger partial charge on any atom is 0.319 e. The molecule has 1 aromatic carbocycles. The van der Waals surface area contributed by atoms with Crippen LogP contribution < -0.4 is 15.5 Å². The van der Waals surface area contributed by atoms with Crippen molar-refractivity contribution in [2.75, 3.05) is 57.2 Å². The van der Waals surface area contributed by atoms with E-state index in [2.05, 4.69) is 15.5 Å². The number of nitrogens with zero attached hydrogens (tertiary/aromatic N) is 2. The van der Waals surface area contributed by atoms with Crippen molar-refractivity contribution < 1.29 is 9.53 Å². The molecule has 1 aromatic rings. The molecule has 1 saturated heterocycles. The van der Waals surface area contributed by atoms with Gasteiger partial charge in [0.2, 0.25) is 0 Å². The van der Waals surface area contributed by atoms with E-state index >= 15 is 0 Å². The number of nitrogens with one attached hydrogen (secondary N) is 2. The minimum absolute atomic E-state index is 0.0510. The third-order valence-corrected chi connectivity index (χ3v) is 3.94. The normalized spacial score (nSPS) is 16.7. The predicted molar refractivity (Wildman–Crippen MR) is 94.7 cm³/mol. The molecule has 0 bridgehead atoms. The number of ether oxygens (including phenoxy) is 1. The second-order valence-corrected chi connectivity index (χ2v) is 6.40. The number of carbonyl (C=O) groups is 1. The van der Waals surface area contributed by atoms with Crippen LogP contribution in [0.5, 0.6) is 0 Å². The molecule has 0 aliphatic carbocycles. The molecule has 128 valence electrons. The zero-order valence-electron chi connectivity index (χ0n) is 13.9. The fourth-order valence-corrected chi connectivity index (χ4v) is 2.77. The van der Waals surface area contributed by atoms with Crippen LogP contribution in [0.2, 0.25) is 5.02 Å². The Balaban J connectivity index is 1.90. The number of halogens is 1. The Morgan fingerprint density at radius 1 is 1.39 bits per heavy atom. The van der Waals surface area contributed by atoms with E-state index in [1.807, 2.05) is 32.0 Å². The molecule has 1 fully saturated rings. The van der Waals surface area contributed by atoms with Gasteiger partial charge in [0.05, 0.1) is 24.6 Å². The number of morpholine rings is 1. The Bertz CT molecular complexity index is 533. The van der Waals surface area contributed by atoms with E-state index in [1.165, 1.54) is 0 Å². The summed E-state index contributed by atoms with van der Waals surface area (Å²) < 4.78 is 5.33. The van der Waals surface area contributed by atoms with Crippen LogP contribution in [0.4, 0.5) is 16.2 Å². The van der Waals surface area contributed by atoms with Crippen LogP contribution in [0.3, 0.4) is 0 Å². The van der Waals surface area contributed by atoms with Crippen molar-refractivity contribution in [3.63, 3.8) is 0 Å². The van der Waals surface area contributed by atoms with E-state index in [9.17, 15) is 4.79 Å². The first-order chi connectivity index (χ1) is 11.0. The number of urea groups is 1. The van der Waals surface area contributed by atoms with Gasteiger partial charge >= 0.3 is 6.03 Å². The summed E-state index contributed by atoms with van der Waals surface area (Å²) in [5.74, 6) is 0. The molecular formula is C16H25ClN4O2. The van der Waals surface area contributed by atoms with Crippen LogP contribution in [0, 0.1) is 0 Å². The van der Waals surface area contributed by atoms with E-state index < -0.39 is 0 Å². The highest BCUT2D eigenvalue weighted by Gasteiger charge is 2.16. The molecule has 1 aliphatic rings. The fraction of sp³-hybridized carbons (Fsp3) is 0.562. The predicted octanol–water partition coefficient (Wildman–Crippen LogP) is 2.25. The Hall–Kier alpha value is -1.50. The van der Waals surface area contributed by atoms with Gasteiger partial charge in [-0.15, -0.1) is 0 Å². The summed E-state index contributed by atoms with van der Waals surface area (Å²) in [5, 5.41) is 6.44. The Morgan fingerprint density at radius 2 is 2.09 bits per heavy atom. The lowest BCUT2D eigenvalue weighted by molar-refractivity contribution is 0.0350. The second-order valence-electron chi connectivity index (χ2n) is 5.97. The lowest BCUT2D eigenvalue weighted by Gasteiger charge is -2.29. The zero-order chi connectivity index (χ0) is 16.8. The number of benzene rings is 1. The molecule has 23 heavy (non-hydrogen) atoms. The van der Waals surface area contributed by atoms with Crippen LogP contribution in [-0.2, 0) is 4.74 Å². The first-order valence-electron chi connectivity index (χ1n) is 7.80. The van der Waals surface area contributed by atoms with Crippen LogP contribution in [0.25, 0.3) is 0 Å². The molecule has 0 spiro atoms. The molecule has 1 heterocycles. The summed E-state index contributed by atoms with van der Waals surface area (Å²) in [6, 6.07) is 5.27. The van der Waals surface area contributed by atoms with Gasteiger partial charge in [0.25, 0.3) is 0 Å². The molecule has 2 amide bonds. The van der Waals surface area contributed by atoms with Gasteiger partial charge in [0.15, 0.2) is 0 Å². The van der Waals surface area contributed by atoms with E-state index in [0.29, 0.717) is 10.7 Å². The van der Waals surface area contributed by atoms with Gasteiger partial charge in [0, 0.05) is 44.8 Å². The number of anilines is 2. The van der Waals surface area contributed by atoms with Crippen LogP contribution >= 0.6 is 11.6 Å². The minimum Gasteiger partial charge on any atom is -0.379 e. The second kappa shape index (κ2) is 8.38. The van der Waals surface area contributed by atoms with Gasteiger partial charge in [-0.05, 0) is 25.1 Å². The number of hydrogen-bond acceptors (Lipinski definition) is 4. The van der Waals surface area contributed by atoms with Crippen LogP contribution in [0.1, 0.15) is 6.92 Å². The zero-order valence-corrected chi connectivity index (χ0v) is 14.7. The van der Waals surface area contributed by atoms with Crippen molar-refractivity contribution in [3.8, 4) is 0 Å². The van der Waals surface area contributed by atoms with Gasteiger partial charge in [0.1, 0.15) is 0 Å². The number of carbonyl (C=O) groups excluding carboxylic acids is 1. The molecule has 1 atom stereocenters. The third kappa shape index (κ3) is 5.57. The lowest BCUT2D eigenvalue weighted by Crippen LogP contribution is -2.47. The van der Waals surface area contributed by atoms with Gasteiger partial charge < -0.3 is 20.3 Å². The maximum absolute atomic E-state index is 12.2.